The van der Waals surface area contributed by atoms with Crippen LogP contribution in [0.3, 0.4) is 0 Å². The first-order valence-corrected chi connectivity index (χ1v) is 9.15. The summed E-state index contributed by atoms with van der Waals surface area (Å²) in [6, 6.07) is 8.46. The summed E-state index contributed by atoms with van der Waals surface area (Å²) in [6.07, 6.45) is 3.09. The van der Waals surface area contributed by atoms with Crippen molar-refractivity contribution in [2.75, 3.05) is 6.54 Å². The molecule has 1 fully saturated rings. The zero-order valence-electron chi connectivity index (χ0n) is 15.1. The number of carbonyl (C=O) groups excluding carboxylic acids is 3. The Morgan fingerprint density at radius 2 is 1.65 bits per heavy atom. The molecule has 1 aliphatic rings. The van der Waals surface area contributed by atoms with Gasteiger partial charge in [-0.2, -0.15) is 0 Å². The van der Waals surface area contributed by atoms with Gasteiger partial charge in [0.1, 0.15) is 18.7 Å². The lowest BCUT2D eigenvalue weighted by molar-refractivity contribution is -0.137. The number of unbranched alkanes of at least 4 members (excludes halogenated alkanes) is 1. The standard InChI is InChI=1S/C19H27N3O4/c1-2-3-10-15-17(23)22-16(18(24)21-15)11-7-12-20-19(25)26-13-14-8-5-4-6-9-14/h4-6,8-9,15-16H,2-3,7,10-13H2,1H3,(H,20,25)(H,21,24)(H,22,23). The minimum Gasteiger partial charge on any atom is -0.445 e. The Balaban J connectivity index is 1.61. The Morgan fingerprint density at radius 3 is 2.27 bits per heavy atom. The van der Waals surface area contributed by atoms with Crippen LogP contribution in [0, 0.1) is 0 Å². The Morgan fingerprint density at radius 1 is 1.04 bits per heavy atom. The summed E-state index contributed by atoms with van der Waals surface area (Å²) in [5, 5.41) is 8.19. The fourth-order valence-electron chi connectivity index (χ4n) is 2.76. The third-order valence-corrected chi connectivity index (χ3v) is 4.26. The van der Waals surface area contributed by atoms with Crippen LogP contribution in [0.15, 0.2) is 30.3 Å². The van der Waals surface area contributed by atoms with Crippen molar-refractivity contribution in [3.8, 4) is 0 Å². The molecule has 0 saturated carbocycles. The van der Waals surface area contributed by atoms with Crippen molar-refractivity contribution in [3.05, 3.63) is 35.9 Å². The second kappa shape index (κ2) is 10.4. The number of piperazine rings is 1. The van der Waals surface area contributed by atoms with E-state index in [4.69, 9.17) is 4.74 Å². The number of amides is 3. The number of nitrogens with one attached hydrogen (secondary N) is 3. The zero-order valence-corrected chi connectivity index (χ0v) is 15.1. The van der Waals surface area contributed by atoms with E-state index >= 15 is 0 Å². The predicted octanol–water partition coefficient (Wildman–Crippen LogP) is 1.87. The van der Waals surface area contributed by atoms with Gasteiger partial charge < -0.3 is 20.7 Å². The first kappa shape index (κ1) is 19.8. The third kappa shape index (κ3) is 6.38. The normalized spacial score (nSPS) is 19.4. The van der Waals surface area contributed by atoms with Crippen LogP contribution < -0.4 is 16.0 Å². The van der Waals surface area contributed by atoms with E-state index in [1.54, 1.807) is 0 Å². The summed E-state index contributed by atoms with van der Waals surface area (Å²) in [5.41, 5.74) is 0.918. The molecule has 0 bridgehead atoms. The van der Waals surface area contributed by atoms with Gasteiger partial charge in [-0.3, -0.25) is 9.59 Å². The van der Waals surface area contributed by atoms with Crippen LogP contribution in [0.25, 0.3) is 0 Å². The summed E-state index contributed by atoms with van der Waals surface area (Å²) in [7, 11) is 0. The Labute approximate surface area is 153 Å². The first-order chi connectivity index (χ1) is 12.6. The SMILES string of the molecule is CCCCC1NC(=O)C(CCCNC(=O)OCc2ccccc2)NC1=O. The third-order valence-electron chi connectivity index (χ3n) is 4.26. The van der Waals surface area contributed by atoms with E-state index < -0.39 is 18.2 Å². The molecular weight excluding hydrogens is 334 g/mol. The molecule has 7 nitrogen and oxygen atoms in total. The van der Waals surface area contributed by atoms with E-state index in [0.717, 1.165) is 18.4 Å². The Hall–Kier alpha value is -2.57. The monoisotopic (exact) mass is 361 g/mol. The zero-order chi connectivity index (χ0) is 18.8. The molecule has 1 aromatic carbocycles. The van der Waals surface area contributed by atoms with Gasteiger partial charge in [0.2, 0.25) is 11.8 Å². The van der Waals surface area contributed by atoms with E-state index in [2.05, 4.69) is 16.0 Å². The highest BCUT2D eigenvalue weighted by atomic mass is 16.5. The fourth-order valence-corrected chi connectivity index (χ4v) is 2.76. The van der Waals surface area contributed by atoms with Gasteiger partial charge in [0, 0.05) is 6.54 Å². The lowest BCUT2D eigenvalue weighted by Gasteiger charge is -2.29. The maximum atomic E-state index is 12.1. The van der Waals surface area contributed by atoms with Gasteiger partial charge in [-0.25, -0.2) is 4.79 Å². The maximum absolute atomic E-state index is 12.1. The van der Waals surface area contributed by atoms with Gasteiger partial charge in [-0.15, -0.1) is 0 Å². The largest absolute Gasteiger partial charge is 0.445 e. The van der Waals surface area contributed by atoms with Gasteiger partial charge in [0.15, 0.2) is 0 Å². The van der Waals surface area contributed by atoms with Crippen molar-refractivity contribution in [1.82, 2.24) is 16.0 Å². The summed E-state index contributed by atoms with van der Waals surface area (Å²) in [6.45, 7) is 2.64. The molecule has 1 aromatic rings. The highest BCUT2D eigenvalue weighted by Crippen LogP contribution is 2.09. The van der Waals surface area contributed by atoms with Gasteiger partial charge in [-0.05, 0) is 24.8 Å². The lowest BCUT2D eigenvalue weighted by atomic mass is 10.0. The maximum Gasteiger partial charge on any atom is 0.407 e. The molecular formula is C19H27N3O4. The molecule has 142 valence electrons. The number of carbonyl (C=O) groups is 3. The van der Waals surface area contributed by atoms with Crippen LogP contribution in [0.1, 0.15) is 44.6 Å². The summed E-state index contributed by atoms with van der Waals surface area (Å²) in [4.78, 5) is 35.7. The van der Waals surface area contributed by atoms with Crippen LogP contribution >= 0.6 is 0 Å². The molecule has 1 saturated heterocycles. The van der Waals surface area contributed by atoms with Gasteiger partial charge in [0.05, 0.1) is 0 Å². The number of hydrogen-bond donors (Lipinski definition) is 3. The topological polar surface area (TPSA) is 96.5 Å². The molecule has 7 heteroatoms. The quantitative estimate of drug-likeness (QED) is 0.585. The number of hydrogen-bond acceptors (Lipinski definition) is 4. The van der Waals surface area contributed by atoms with E-state index in [0.29, 0.717) is 25.8 Å². The second-order valence-electron chi connectivity index (χ2n) is 6.40. The minimum atomic E-state index is -0.539. The minimum absolute atomic E-state index is 0.127. The van der Waals surface area contributed by atoms with Crippen LogP contribution in [-0.2, 0) is 20.9 Å². The van der Waals surface area contributed by atoms with Crippen molar-refractivity contribution in [3.63, 3.8) is 0 Å². The summed E-state index contributed by atoms with van der Waals surface area (Å²) in [5.74, 6) is -0.282. The van der Waals surface area contributed by atoms with Crippen LogP contribution in [0.5, 0.6) is 0 Å². The molecule has 2 rings (SSSR count). The molecule has 0 spiro atoms. The van der Waals surface area contributed by atoms with Crippen molar-refractivity contribution < 1.29 is 19.1 Å². The van der Waals surface area contributed by atoms with Crippen molar-refractivity contribution in [2.24, 2.45) is 0 Å². The van der Waals surface area contributed by atoms with Crippen LogP contribution in [-0.4, -0.2) is 36.5 Å². The van der Waals surface area contributed by atoms with Crippen molar-refractivity contribution in [2.45, 2.75) is 57.7 Å². The Kier molecular flexibility index (Phi) is 7.92. The summed E-state index contributed by atoms with van der Waals surface area (Å²) < 4.78 is 5.11. The first-order valence-electron chi connectivity index (χ1n) is 9.15. The number of ether oxygens (including phenoxy) is 1. The predicted molar refractivity (Wildman–Crippen MR) is 97.3 cm³/mol. The number of benzene rings is 1. The summed E-state index contributed by atoms with van der Waals surface area (Å²) >= 11 is 0. The highest BCUT2D eigenvalue weighted by molar-refractivity contribution is 5.96. The van der Waals surface area contributed by atoms with Gasteiger partial charge in [0.25, 0.3) is 0 Å². The molecule has 0 radical (unpaired) electrons. The van der Waals surface area contributed by atoms with E-state index in [-0.39, 0.29) is 18.4 Å². The molecule has 0 aromatic heterocycles. The molecule has 1 aliphatic heterocycles. The molecule has 0 aliphatic carbocycles. The fraction of sp³-hybridized carbons (Fsp3) is 0.526. The molecule has 2 atom stereocenters. The van der Waals surface area contributed by atoms with Crippen molar-refractivity contribution >= 4 is 17.9 Å². The molecule has 26 heavy (non-hydrogen) atoms. The van der Waals surface area contributed by atoms with E-state index in [9.17, 15) is 14.4 Å². The molecule has 1 heterocycles. The van der Waals surface area contributed by atoms with Crippen molar-refractivity contribution in [1.29, 1.82) is 0 Å². The van der Waals surface area contributed by atoms with Crippen LogP contribution in [0.2, 0.25) is 0 Å². The van der Waals surface area contributed by atoms with E-state index in [1.807, 2.05) is 37.3 Å². The van der Waals surface area contributed by atoms with Gasteiger partial charge >= 0.3 is 6.09 Å². The average molecular weight is 361 g/mol. The Bertz CT molecular complexity index is 606. The number of rotatable bonds is 9. The van der Waals surface area contributed by atoms with Gasteiger partial charge in [-0.1, -0.05) is 50.1 Å². The smallest absolute Gasteiger partial charge is 0.407 e. The lowest BCUT2D eigenvalue weighted by Crippen LogP contribution is -2.61. The molecule has 3 N–H and O–H groups in total. The number of alkyl carbamates (subject to hydrolysis) is 1. The highest BCUT2D eigenvalue weighted by Gasteiger charge is 2.32. The van der Waals surface area contributed by atoms with E-state index in [1.165, 1.54) is 0 Å². The molecule has 3 amide bonds. The average Bonchev–Trinajstić information content (AvgIpc) is 2.65. The second-order valence-corrected chi connectivity index (χ2v) is 6.40. The van der Waals surface area contributed by atoms with Crippen LogP contribution in [0.4, 0.5) is 4.79 Å². The molecule has 2 unspecified atom stereocenters.